The summed E-state index contributed by atoms with van der Waals surface area (Å²) in [7, 11) is 0. The number of carbonyl (C=O) groups is 1. The van der Waals surface area contributed by atoms with Gasteiger partial charge in [-0.25, -0.2) is 0 Å². The molecule has 4 nitrogen and oxygen atoms in total. The van der Waals surface area contributed by atoms with Crippen LogP contribution in [0, 0.1) is 5.41 Å². The third kappa shape index (κ3) is 4.10. The summed E-state index contributed by atoms with van der Waals surface area (Å²) < 4.78 is 40.2. The molecular formula is C14H16F3NO3. The van der Waals surface area contributed by atoms with Crippen molar-refractivity contribution in [1.82, 2.24) is 5.32 Å². The van der Waals surface area contributed by atoms with Crippen molar-refractivity contribution < 1.29 is 27.8 Å². The average molecular weight is 303 g/mol. The predicted octanol–water partition coefficient (Wildman–Crippen LogP) is 2.93. The van der Waals surface area contributed by atoms with E-state index in [0.717, 1.165) is 0 Å². The van der Waals surface area contributed by atoms with E-state index >= 15 is 0 Å². The van der Waals surface area contributed by atoms with E-state index in [2.05, 4.69) is 10.1 Å². The van der Waals surface area contributed by atoms with Gasteiger partial charge in [0.1, 0.15) is 5.75 Å². The molecule has 1 aliphatic carbocycles. The van der Waals surface area contributed by atoms with Crippen LogP contribution in [0.2, 0.25) is 0 Å². The van der Waals surface area contributed by atoms with E-state index in [0.29, 0.717) is 24.9 Å². The Hall–Kier alpha value is -1.76. The smallest absolute Gasteiger partial charge is 0.481 e. The van der Waals surface area contributed by atoms with Gasteiger partial charge in [0.05, 0.1) is 5.41 Å². The molecule has 116 valence electrons. The number of alkyl halides is 3. The van der Waals surface area contributed by atoms with Crippen LogP contribution in [-0.2, 0) is 11.3 Å². The quantitative estimate of drug-likeness (QED) is 0.878. The zero-order valence-electron chi connectivity index (χ0n) is 11.4. The molecule has 0 unspecified atom stereocenters. The first-order valence-corrected chi connectivity index (χ1v) is 6.49. The second-order valence-corrected chi connectivity index (χ2v) is 5.55. The number of rotatable bonds is 5. The van der Waals surface area contributed by atoms with Crippen molar-refractivity contribution in [2.45, 2.75) is 38.7 Å². The van der Waals surface area contributed by atoms with Crippen LogP contribution in [0.1, 0.15) is 25.3 Å². The van der Waals surface area contributed by atoms with Gasteiger partial charge >= 0.3 is 12.3 Å². The summed E-state index contributed by atoms with van der Waals surface area (Å²) in [4.78, 5) is 10.9. The molecule has 0 aliphatic heterocycles. The third-order valence-corrected chi connectivity index (χ3v) is 3.64. The highest BCUT2D eigenvalue weighted by atomic mass is 19.4. The highest BCUT2D eigenvalue weighted by molar-refractivity contribution is 5.75. The molecule has 1 aromatic carbocycles. The Morgan fingerprint density at radius 2 is 2.14 bits per heavy atom. The van der Waals surface area contributed by atoms with E-state index in [1.54, 1.807) is 13.0 Å². The van der Waals surface area contributed by atoms with Crippen LogP contribution in [0.4, 0.5) is 13.2 Å². The fourth-order valence-corrected chi connectivity index (χ4v) is 2.46. The molecule has 7 heteroatoms. The summed E-state index contributed by atoms with van der Waals surface area (Å²) in [5.74, 6) is -1.08. The molecule has 21 heavy (non-hydrogen) atoms. The van der Waals surface area contributed by atoms with Crippen LogP contribution in [-0.4, -0.2) is 23.5 Å². The van der Waals surface area contributed by atoms with E-state index < -0.39 is 17.7 Å². The van der Waals surface area contributed by atoms with Gasteiger partial charge in [-0.1, -0.05) is 12.1 Å². The normalized spacial score (nSPS) is 25.2. The standard InChI is InChI=1S/C14H16F3NO3/c1-13(12(19)20)6-10(7-13)18-8-9-3-2-4-11(5-9)21-14(15,16)17/h2-5,10,18H,6-8H2,1H3,(H,19,20). The first-order valence-electron chi connectivity index (χ1n) is 6.49. The van der Waals surface area contributed by atoms with Crippen molar-refractivity contribution in [2.24, 2.45) is 5.41 Å². The summed E-state index contributed by atoms with van der Waals surface area (Å²) in [5, 5.41) is 12.1. The van der Waals surface area contributed by atoms with E-state index in [4.69, 9.17) is 5.11 Å². The second kappa shape index (κ2) is 5.55. The summed E-state index contributed by atoms with van der Waals surface area (Å²) in [6.07, 6.45) is -3.68. The van der Waals surface area contributed by atoms with Crippen molar-refractivity contribution in [2.75, 3.05) is 0 Å². The van der Waals surface area contributed by atoms with Crippen molar-refractivity contribution in [3.8, 4) is 5.75 Å². The molecule has 0 atom stereocenters. The SMILES string of the molecule is CC1(C(=O)O)CC(NCc2cccc(OC(F)(F)F)c2)C1. The Kier molecular flexibility index (Phi) is 4.13. The lowest BCUT2D eigenvalue weighted by atomic mass is 9.67. The number of ether oxygens (including phenoxy) is 1. The average Bonchev–Trinajstić information content (AvgIpc) is 2.31. The van der Waals surface area contributed by atoms with Crippen LogP contribution in [0.25, 0.3) is 0 Å². The van der Waals surface area contributed by atoms with Gasteiger partial charge in [0.15, 0.2) is 0 Å². The molecular weight excluding hydrogens is 287 g/mol. The number of halogens is 3. The van der Waals surface area contributed by atoms with Crippen LogP contribution < -0.4 is 10.1 Å². The molecule has 0 aromatic heterocycles. The lowest BCUT2D eigenvalue weighted by Gasteiger charge is -2.42. The Morgan fingerprint density at radius 3 is 2.71 bits per heavy atom. The van der Waals surface area contributed by atoms with Crippen molar-refractivity contribution >= 4 is 5.97 Å². The highest BCUT2D eigenvalue weighted by Gasteiger charge is 2.46. The first kappa shape index (κ1) is 15.6. The molecule has 0 radical (unpaired) electrons. The fraction of sp³-hybridized carbons (Fsp3) is 0.500. The largest absolute Gasteiger partial charge is 0.573 e. The van der Waals surface area contributed by atoms with Crippen molar-refractivity contribution in [3.63, 3.8) is 0 Å². The molecule has 1 aliphatic rings. The van der Waals surface area contributed by atoms with Gasteiger partial charge in [0.2, 0.25) is 0 Å². The minimum absolute atomic E-state index is 0.0679. The van der Waals surface area contributed by atoms with Crippen LogP contribution in [0.3, 0.4) is 0 Å². The summed E-state index contributed by atoms with van der Waals surface area (Å²) >= 11 is 0. The molecule has 0 heterocycles. The number of aliphatic carboxylic acids is 1. The zero-order chi connectivity index (χ0) is 15.7. The minimum atomic E-state index is -4.71. The zero-order valence-corrected chi connectivity index (χ0v) is 11.4. The van der Waals surface area contributed by atoms with Gasteiger partial charge in [-0.2, -0.15) is 0 Å². The highest BCUT2D eigenvalue weighted by Crippen LogP contribution is 2.40. The fourth-order valence-electron chi connectivity index (χ4n) is 2.46. The molecule has 0 amide bonds. The lowest BCUT2D eigenvalue weighted by molar-refractivity contribution is -0.274. The number of carboxylic acids is 1. The van der Waals surface area contributed by atoms with E-state index in [1.807, 2.05) is 0 Å². The second-order valence-electron chi connectivity index (χ2n) is 5.55. The van der Waals surface area contributed by atoms with Crippen LogP contribution >= 0.6 is 0 Å². The Bertz CT molecular complexity index is 524. The molecule has 0 spiro atoms. The topological polar surface area (TPSA) is 58.6 Å². The number of hydrogen-bond donors (Lipinski definition) is 2. The maximum absolute atomic E-state index is 12.1. The number of nitrogens with one attached hydrogen (secondary N) is 1. The Morgan fingerprint density at radius 1 is 1.48 bits per heavy atom. The molecule has 2 N–H and O–H groups in total. The van der Waals surface area contributed by atoms with Crippen LogP contribution in [0.15, 0.2) is 24.3 Å². The number of benzene rings is 1. The van der Waals surface area contributed by atoms with Gasteiger partial charge < -0.3 is 15.2 Å². The van der Waals surface area contributed by atoms with E-state index in [-0.39, 0.29) is 11.8 Å². The Labute approximate surface area is 119 Å². The minimum Gasteiger partial charge on any atom is -0.481 e. The van der Waals surface area contributed by atoms with Gasteiger partial charge in [0, 0.05) is 12.6 Å². The molecule has 0 bridgehead atoms. The summed E-state index contributed by atoms with van der Waals surface area (Å²) in [6, 6.07) is 5.79. The molecule has 2 rings (SSSR count). The van der Waals surface area contributed by atoms with Crippen molar-refractivity contribution in [1.29, 1.82) is 0 Å². The molecule has 0 saturated heterocycles. The van der Waals surface area contributed by atoms with E-state index in [9.17, 15) is 18.0 Å². The van der Waals surface area contributed by atoms with Crippen LogP contribution in [0.5, 0.6) is 5.75 Å². The number of hydrogen-bond acceptors (Lipinski definition) is 3. The molecule has 1 aromatic rings. The maximum atomic E-state index is 12.1. The lowest BCUT2D eigenvalue weighted by Crippen LogP contribution is -2.51. The van der Waals surface area contributed by atoms with Gasteiger partial charge in [-0.15, -0.1) is 13.2 Å². The monoisotopic (exact) mass is 303 g/mol. The predicted molar refractivity (Wildman–Crippen MR) is 68.7 cm³/mol. The maximum Gasteiger partial charge on any atom is 0.573 e. The summed E-state index contributed by atoms with van der Waals surface area (Å²) in [5.41, 5.74) is -0.0421. The first-order chi connectivity index (χ1) is 9.68. The van der Waals surface area contributed by atoms with Gasteiger partial charge in [-0.05, 0) is 37.5 Å². The van der Waals surface area contributed by atoms with Gasteiger partial charge in [-0.3, -0.25) is 4.79 Å². The number of carboxylic acid groups (broad SMARTS) is 1. The van der Waals surface area contributed by atoms with Crippen molar-refractivity contribution in [3.05, 3.63) is 29.8 Å². The summed E-state index contributed by atoms with van der Waals surface area (Å²) in [6.45, 7) is 2.06. The molecule has 1 saturated carbocycles. The molecule has 1 fully saturated rings. The Balaban J connectivity index is 1.85. The van der Waals surface area contributed by atoms with E-state index in [1.165, 1.54) is 18.2 Å². The third-order valence-electron chi connectivity index (χ3n) is 3.64. The van der Waals surface area contributed by atoms with Gasteiger partial charge in [0.25, 0.3) is 0 Å².